The van der Waals surface area contributed by atoms with Crippen molar-refractivity contribution in [3.8, 4) is 11.5 Å². The van der Waals surface area contributed by atoms with Gasteiger partial charge in [0.2, 0.25) is 0 Å². The molecule has 0 saturated carbocycles. The summed E-state index contributed by atoms with van der Waals surface area (Å²) in [6.07, 6.45) is 4.12. The van der Waals surface area contributed by atoms with Gasteiger partial charge in [0.25, 0.3) is 0 Å². The molecule has 0 aliphatic heterocycles. The van der Waals surface area contributed by atoms with Crippen LogP contribution in [0.2, 0.25) is 0 Å². The first-order valence-electron chi connectivity index (χ1n) is 4.22. The summed E-state index contributed by atoms with van der Waals surface area (Å²) in [6.45, 7) is 1.81. The van der Waals surface area contributed by atoms with Crippen LogP contribution in [0.25, 0.3) is 6.08 Å². The highest BCUT2D eigenvalue weighted by molar-refractivity contribution is 5.85. The van der Waals surface area contributed by atoms with Gasteiger partial charge in [0.1, 0.15) is 0 Å². The van der Waals surface area contributed by atoms with Gasteiger partial charge in [-0.2, -0.15) is 0 Å². The predicted molar refractivity (Wildman–Crippen MR) is 54.8 cm³/mol. The summed E-state index contributed by atoms with van der Waals surface area (Å²) in [6, 6.07) is 3.17. The molecule has 0 aliphatic rings. The maximum absolute atomic E-state index is 10.7. The van der Waals surface area contributed by atoms with Crippen LogP contribution in [0.1, 0.15) is 22.8 Å². The molecule has 1 rings (SSSR count). The molecule has 0 aromatic heterocycles. The van der Waals surface area contributed by atoms with Crippen LogP contribution in [0, 0.1) is 0 Å². The zero-order chi connectivity index (χ0) is 10.6. The number of carbonyl (C=O) groups is 1. The Kier molecular flexibility index (Phi) is 3.29. The minimum atomic E-state index is -0.00444. The molecule has 1 aromatic rings. The second-order valence-corrected chi connectivity index (χ2v) is 2.74. The van der Waals surface area contributed by atoms with Gasteiger partial charge in [-0.15, -0.1) is 0 Å². The van der Waals surface area contributed by atoms with Gasteiger partial charge >= 0.3 is 0 Å². The minimum Gasteiger partial charge on any atom is -0.504 e. The third kappa shape index (κ3) is 1.76. The average molecular weight is 192 g/mol. The SMILES string of the molecule is C/C=C/c1c(C=O)ccc(OC)c1O. The predicted octanol–water partition coefficient (Wildman–Crippen LogP) is 2.25. The van der Waals surface area contributed by atoms with Gasteiger partial charge in [-0.05, 0) is 19.1 Å². The van der Waals surface area contributed by atoms with Crippen molar-refractivity contribution in [1.29, 1.82) is 0 Å². The smallest absolute Gasteiger partial charge is 0.165 e. The molecule has 0 amide bonds. The van der Waals surface area contributed by atoms with Crippen molar-refractivity contribution in [2.24, 2.45) is 0 Å². The van der Waals surface area contributed by atoms with Crippen molar-refractivity contribution < 1.29 is 14.6 Å². The molecule has 0 bridgehead atoms. The summed E-state index contributed by atoms with van der Waals surface area (Å²) in [5.41, 5.74) is 0.934. The molecule has 1 N–H and O–H groups in total. The van der Waals surface area contributed by atoms with E-state index in [1.807, 2.05) is 6.92 Å². The zero-order valence-electron chi connectivity index (χ0n) is 8.15. The molecule has 3 heteroatoms. The van der Waals surface area contributed by atoms with Gasteiger partial charge in [-0.1, -0.05) is 12.2 Å². The molecule has 0 atom stereocenters. The van der Waals surface area contributed by atoms with E-state index >= 15 is 0 Å². The monoisotopic (exact) mass is 192 g/mol. The molecule has 3 nitrogen and oxygen atoms in total. The van der Waals surface area contributed by atoms with Crippen LogP contribution in [-0.2, 0) is 0 Å². The normalized spacial score (nSPS) is 10.4. The lowest BCUT2D eigenvalue weighted by atomic mass is 10.1. The number of phenolic OH excluding ortho intramolecular Hbond substituents is 1. The van der Waals surface area contributed by atoms with Crippen molar-refractivity contribution >= 4 is 12.4 Å². The summed E-state index contributed by atoms with van der Waals surface area (Å²) >= 11 is 0. The number of aromatic hydroxyl groups is 1. The first kappa shape index (κ1) is 10.3. The fourth-order valence-electron chi connectivity index (χ4n) is 1.21. The lowest BCUT2D eigenvalue weighted by Crippen LogP contribution is -1.91. The first-order valence-corrected chi connectivity index (χ1v) is 4.22. The van der Waals surface area contributed by atoms with Crippen molar-refractivity contribution in [3.63, 3.8) is 0 Å². The van der Waals surface area contributed by atoms with Gasteiger partial charge in [-0.3, -0.25) is 4.79 Å². The van der Waals surface area contributed by atoms with E-state index in [0.29, 0.717) is 23.2 Å². The van der Waals surface area contributed by atoms with Gasteiger partial charge < -0.3 is 9.84 Å². The Morgan fingerprint density at radius 3 is 2.64 bits per heavy atom. The van der Waals surface area contributed by atoms with Crippen molar-refractivity contribution in [2.45, 2.75) is 6.92 Å². The molecule has 0 saturated heterocycles. The maximum Gasteiger partial charge on any atom is 0.165 e. The summed E-state index contributed by atoms with van der Waals surface area (Å²) in [7, 11) is 1.47. The Labute approximate surface area is 82.6 Å². The molecule has 0 aliphatic carbocycles. The van der Waals surface area contributed by atoms with Crippen molar-refractivity contribution in [3.05, 3.63) is 29.3 Å². The van der Waals surface area contributed by atoms with Gasteiger partial charge in [0.05, 0.1) is 7.11 Å². The standard InChI is InChI=1S/C11H12O3/c1-3-4-9-8(7-12)5-6-10(14-2)11(9)13/h3-7,13H,1-2H3/b4-3+. The summed E-state index contributed by atoms with van der Waals surface area (Å²) in [5.74, 6) is 0.360. The molecule has 1 aromatic carbocycles. The molecule has 14 heavy (non-hydrogen) atoms. The van der Waals surface area contributed by atoms with Crippen molar-refractivity contribution in [2.75, 3.05) is 7.11 Å². The molecular weight excluding hydrogens is 180 g/mol. The fourth-order valence-corrected chi connectivity index (χ4v) is 1.21. The van der Waals surface area contributed by atoms with E-state index in [-0.39, 0.29) is 5.75 Å². The zero-order valence-corrected chi connectivity index (χ0v) is 8.15. The van der Waals surface area contributed by atoms with Crippen LogP contribution in [0.15, 0.2) is 18.2 Å². The van der Waals surface area contributed by atoms with Crippen LogP contribution < -0.4 is 4.74 Å². The molecule has 0 fully saturated rings. The summed E-state index contributed by atoms with van der Waals surface area (Å²) in [4.78, 5) is 10.7. The minimum absolute atomic E-state index is 0.00444. The number of benzene rings is 1. The molecule has 0 heterocycles. The molecular formula is C11H12O3. The van der Waals surface area contributed by atoms with E-state index in [2.05, 4.69) is 0 Å². The molecule has 74 valence electrons. The maximum atomic E-state index is 10.7. The van der Waals surface area contributed by atoms with E-state index in [1.165, 1.54) is 7.11 Å². The number of carbonyl (C=O) groups excluding carboxylic acids is 1. The van der Waals surface area contributed by atoms with E-state index in [1.54, 1.807) is 24.3 Å². The highest BCUT2D eigenvalue weighted by Gasteiger charge is 2.09. The van der Waals surface area contributed by atoms with Crippen molar-refractivity contribution in [1.82, 2.24) is 0 Å². The Balaban J connectivity index is 3.38. The van der Waals surface area contributed by atoms with Gasteiger partial charge in [-0.25, -0.2) is 0 Å². The highest BCUT2D eigenvalue weighted by atomic mass is 16.5. The number of phenols is 1. The van der Waals surface area contributed by atoms with E-state index in [0.717, 1.165) is 0 Å². The lowest BCUT2D eigenvalue weighted by molar-refractivity contribution is 0.112. The number of ether oxygens (including phenoxy) is 1. The highest BCUT2D eigenvalue weighted by Crippen LogP contribution is 2.32. The first-order chi connectivity index (χ1) is 6.74. The number of hydrogen-bond donors (Lipinski definition) is 1. The Bertz CT molecular complexity index is 367. The van der Waals surface area contributed by atoms with Gasteiger partial charge in [0.15, 0.2) is 17.8 Å². The molecule has 0 unspecified atom stereocenters. The largest absolute Gasteiger partial charge is 0.504 e. The Morgan fingerprint density at radius 1 is 1.43 bits per heavy atom. The second kappa shape index (κ2) is 4.46. The number of aldehydes is 1. The second-order valence-electron chi connectivity index (χ2n) is 2.74. The topological polar surface area (TPSA) is 46.5 Å². The van der Waals surface area contributed by atoms with Crippen LogP contribution in [0.3, 0.4) is 0 Å². The Hall–Kier alpha value is -1.77. The van der Waals surface area contributed by atoms with E-state index in [4.69, 9.17) is 4.74 Å². The third-order valence-electron chi connectivity index (χ3n) is 1.89. The molecule has 0 spiro atoms. The number of rotatable bonds is 3. The van der Waals surface area contributed by atoms with Crippen LogP contribution in [-0.4, -0.2) is 18.5 Å². The lowest BCUT2D eigenvalue weighted by Gasteiger charge is -2.07. The number of hydrogen-bond acceptors (Lipinski definition) is 3. The van der Waals surface area contributed by atoms with Crippen LogP contribution in [0.5, 0.6) is 11.5 Å². The van der Waals surface area contributed by atoms with Crippen LogP contribution >= 0.6 is 0 Å². The summed E-state index contributed by atoms with van der Waals surface area (Å²) < 4.78 is 4.93. The summed E-state index contributed by atoms with van der Waals surface area (Å²) in [5, 5.41) is 9.70. The van der Waals surface area contributed by atoms with E-state index < -0.39 is 0 Å². The van der Waals surface area contributed by atoms with Gasteiger partial charge in [0, 0.05) is 11.1 Å². The third-order valence-corrected chi connectivity index (χ3v) is 1.89. The quantitative estimate of drug-likeness (QED) is 0.747. The van der Waals surface area contributed by atoms with E-state index in [9.17, 15) is 9.90 Å². The number of allylic oxidation sites excluding steroid dienone is 1. The average Bonchev–Trinajstić information content (AvgIpc) is 2.21. The molecule has 0 radical (unpaired) electrons. The van der Waals surface area contributed by atoms with Crippen LogP contribution in [0.4, 0.5) is 0 Å². The fraction of sp³-hybridized carbons (Fsp3) is 0.182. The number of methoxy groups -OCH3 is 1. The Morgan fingerprint density at radius 2 is 2.14 bits per heavy atom.